The molecule has 0 radical (unpaired) electrons. The molecule has 0 spiro atoms. The number of nitrogens with one attached hydrogen (secondary N) is 1. The van der Waals surface area contributed by atoms with Gasteiger partial charge in [0, 0.05) is 11.3 Å². The van der Waals surface area contributed by atoms with Gasteiger partial charge in [0.25, 0.3) is 5.91 Å². The molecule has 0 fully saturated rings. The van der Waals surface area contributed by atoms with Gasteiger partial charge in [-0.15, -0.1) is 0 Å². The van der Waals surface area contributed by atoms with Crippen LogP contribution in [0.5, 0.6) is 5.75 Å². The number of methoxy groups -OCH3 is 2. The maximum Gasteiger partial charge on any atom is 0.337 e. The molecule has 0 aliphatic heterocycles. The van der Waals surface area contributed by atoms with Gasteiger partial charge in [0.05, 0.1) is 19.8 Å². The van der Waals surface area contributed by atoms with Crippen LogP contribution in [0, 0.1) is 6.92 Å². The molecule has 114 valence electrons. The molecule has 1 N–H and O–H groups in total. The Bertz CT molecular complexity index is 692. The molecule has 22 heavy (non-hydrogen) atoms. The van der Waals surface area contributed by atoms with Gasteiger partial charge in [-0.2, -0.15) is 0 Å². The summed E-state index contributed by atoms with van der Waals surface area (Å²) in [5.74, 6) is 0.0582. The molecule has 5 nitrogen and oxygen atoms in total. The first kappa shape index (κ1) is 15.6. The summed E-state index contributed by atoms with van der Waals surface area (Å²) in [5.41, 5.74) is 2.40. The van der Waals surface area contributed by atoms with Crippen molar-refractivity contribution >= 4 is 17.6 Å². The SMILES string of the molecule is COC(=O)c1ccc(NC(=O)c2ccc(OC)cc2)c(C)c1. The van der Waals surface area contributed by atoms with Crippen LogP contribution in [0.1, 0.15) is 26.3 Å². The highest BCUT2D eigenvalue weighted by Gasteiger charge is 2.11. The first-order valence-electron chi connectivity index (χ1n) is 6.69. The lowest BCUT2D eigenvalue weighted by Gasteiger charge is -2.10. The minimum Gasteiger partial charge on any atom is -0.497 e. The van der Waals surface area contributed by atoms with Crippen LogP contribution in [-0.4, -0.2) is 26.1 Å². The first-order chi connectivity index (χ1) is 10.5. The van der Waals surface area contributed by atoms with Crippen molar-refractivity contribution in [1.29, 1.82) is 0 Å². The van der Waals surface area contributed by atoms with Crippen LogP contribution >= 0.6 is 0 Å². The zero-order valence-corrected chi connectivity index (χ0v) is 12.7. The van der Waals surface area contributed by atoms with Gasteiger partial charge in [-0.25, -0.2) is 4.79 Å². The number of aryl methyl sites for hydroxylation is 1. The van der Waals surface area contributed by atoms with Gasteiger partial charge in [0.1, 0.15) is 5.75 Å². The first-order valence-corrected chi connectivity index (χ1v) is 6.69. The maximum absolute atomic E-state index is 12.2. The molecule has 0 heterocycles. The fourth-order valence-electron chi connectivity index (χ4n) is 1.99. The fraction of sp³-hybridized carbons (Fsp3) is 0.176. The largest absolute Gasteiger partial charge is 0.497 e. The van der Waals surface area contributed by atoms with Crippen LogP contribution in [0.2, 0.25) is 0 Å². The minimum atomic E-state index is -0.406. The van der Waals surface area contributed by atoms with Crippen LogP contribution in [0.4, 0.5) is 5.69 Å². The van der Waals surface area contributed by atoms with E-state index in [0.29, 0.717) is 22.6 Å². The Morgan fingerprint density at radius 1 is 0.955 bits per heavy atom. The molecule has 0 saturated carbocycles. The quantitative estimate of drug-likeness (QED) is 0.881. The van der Waals surface area contributed by atoms with E-state index in [-0.39, 0.29) is 5.91 Å². The topological polar surface area (TPSA) is 64.6 Å². The minimum absolute atomic E-state index is 0.225. The van der Waals surface area contributed by atoms with Crippen molar-refractivity contribution < 1.29 is 19.1 Å². The molecule has 2 rings (SSSR count). The summed E-state index contributed by atoms with van der Waals surface area (Å²) in [7, 11) is 2.90. The lowest BCUT2D eigenvalue weighted by Crippen LogP contribution is -2.13. The van der Waals surface area contributed by atoms with E-state index < -0.39 is 5.97 Å². The molecular weight excluding hydrogens is 282 g/mol. The van der Waals surface area contributed by atoms with Crippen LogP contribution in [0.15, 0.2) is 42.5 Å². The van der Waals surface area contributed by atoms with E-state index >= 15 is 0 Å². The number of anilines is 1. The normalized spacial score (nSPS) is 9.95. The van der Waals surface area contributed by atoms with E-state index in [9.17, 15) is 9.59 Å². The number of rotatable bonds is 4. The van der Waals surface area contributed by atoms with Crippen LogP contribution in [0.25, 0.3) is 0 Å². The molecule has 2 aromatic rings. The third-order valence-electron chi connectivity index (χ3n) is 3.25. The van der Waals surface area contributed by atoms with Gasteiger partial charge in [-0.05, 0) is 55.0 Å². The molecule has 0 bridgehead atoms. The van der Waals surface area contributed by atoms with Crippen molar-refractivity contribution in [2.75, 3.05) is 19.5 Å². The Hall–Kier alpha value is -2.82. The number of carbonyl (C=O) groups excluding carboxylic acids is 2. The summed E-state index contributed by atoms with van der Waals surface area (Å²) < 4.78 is 9.72. The summed E-state index contributed by atoms with van der Waals surface area (Å²) in [6.07, 6.45) is 0. The summed E-state index contributed by atoms with van der Waals surface area (Å²) in [6.45, 7) is 1.82. The summed E-state index contributed by atoms with van der Waals surface area (Å²) in [6, 6.07) is 11.8. The second-order valence-corrected chi connectivity index (χ2v) is 4.70. The zero-order valence-electron chi connectivity index (χ0n) is 12.7. The van der Waals surface area contributed by atoms with E-state index in [2.05, 4.69) is 10.1 Å². The van der Waals surface area contributed by atoms with Gasteiger partial charge >= 0.3 is 5.97 Å². The predicted octanol–water partition coefficient (Wildman–Crippen LogP) is 3.04. The Kier molecular flexibility index (Phi) is 4.78. The molecule has 0 saturated heterocycles. The number of benzene rings is 2. The smallest absolute Gasteiger partial charge is 0.337 e. The van der Waals surface area contributed by atoms with Crippen LogP contribution in [-0.2, 0) is 4.74 Å². The van der Waals surface area contributed by atoms with Gasteiger partial charge in [0.2, 0.25) is 0 Å². The van der Waals surface area contributed by atoms with E-state index in [4.69, 9.17) is 4.74 Å². The second-order valence-electron chi connectivity index (χ2n) is 4.70. The molecule has 1 amide bonds. The predicted molar refractivity (Wildman–Crippen MR) is 83.5 cm³/mol. The maximum atomic E-state index is 12.2. The lowest BCUT2D eigenvalue weighted by atomic mass is 10.1. The van der Waals surface area contributed by atoms with Crippen molar-refractivity contribution in [2.24, 2.45) is 0 Å². The molecule has 0 atom stereocenters. The molecule has 2 aromatic carbocycles. The number of ether oxygens (including phenoxy) is 2. The van der Waals surface area contributed by atoms with E-state index in [0.717, 1.165) is 5.56 Å². The Balaban J connectivity index is 2.15. The molecular formula is C17H17NO4. The van der Waals surface area contributed by atoms with Crippen LogP contribution in [0.3, 0.4) is 0 Å². The number of hydrogen-bond donors (Lipinski definition) is 1. The lowest BCUT2D eigenvalue weighted by molar-refractivity contribution is 0.0600. The molecule has 0 aliphatic carbocycles. The third kappa shape index (κ3) is 3.44. The van der Waals surface area contributed by atoms with Crippen molar-refractivity contribution in [3.05, 3.63) is 59.2 Å². The van der Waals surface area contributed by atoms with E-state index in [1.807, 2.05) is 6.92 Å². The van der Waals surface area contributed by atoms with Crippen molar-refractivity contribution in [2.45, 2.75) is 6.92 Å². The van der Waals surface area contributed by atoms with Crippen LogP contribution < -0.4 is 10.1 Å². The number of carbonyl (C=O) groups is 2. The standard InChI is InChI=1S/C17H17NO4/c1-11-10-13(17(20)22-3)6-9-15(11)18-16(19)12-4-7-14(21-2)8-5-12/h4-10H,1-3H3,(H,18,19). The average Bonchev–Trinajstić information content (AvgIpc) is 2.55. The number of hydrogen-bond acceptors (Lipinski definition) is 4. The summed E-state index contributed by atoms with van der Waals surface area (Å²) in [5, 5.41) is 2.82. The fourth-order valence-corrected chi connectivity index (χ4v) is 1.99. The van der Waals surface area contributed by atoms with Gasteiger partial charge < -0.3 is 14.8 Å². The highest BCUT2D eigenvalue weighted by atomic mass is 16.5. The zero-order chi connectivity index (χ0) is 16.1. The highest BCUT2D eigenvalue weighted by Crippen LogP contribution is 2.19. The van der Waals surface area contributed by atoms with Gasteiger partial charge in [-0.3, -0.25) is 4.79 Å². The Labute approximate surface area is 128 Å². The van der Waals surface area contributed by atoms with Gasteiger partial charge in [0.15, 0.2) is 0 Å². The molecule has 0 aliphatic rings. The van der Waals surface area contributed by atoms with Crippen molar-refractivity contribution in [3.63, 3.8) is 0 Å². The third-order valence-corrected chi connectivity index (χ3v) is 3.25. The number of amides is 1. The second kappa shape index (κ2) is 6.76. The Morgan fingerprint density at radius 3 is 2.14 bits per heavy atom. The molecule has 0 aromatic heterocycles. The molecule has 0 unspecified atom stereocenters. The monoisotopic (exact) mass is 299 g/mol. The van der Waals surface area contributed by atoms with Gasteiger partial charge in [-0.1, -0.05) is 0 Å². The van der Waals surface area contributed by atoms with Crippen molar-refractivity contribution in [1.82, 2.24) is 0 Å². The number of esters is 1. The Morgan fingerprint density at radius 2 is 1.59 bits per heavy atom. The van der Waals surface area contributed by atoms with E-state index in [1.165, 1.54) is 7.11 Å². The van der Waals surface area contributed by atoms with E-state index in [1.54, 1.807) is 49.6 Å². The summed E-state index contributed by atoms with van der Waals surface area (Å²) in [4.78, 5) is 23.7. The van der Waals surface area contributed by atoms with Crippen molar-refractivity contribution in [3.8, 4) is 5.75 Å². The average molecular weight is 299 g/mol. The highest BCUT2D eigenvalue weighted by molar-refractivity contribution is 6.05. The molecule has 5 heteroatoms. The summed E-state index contributed by atoms with van der Waals surface area (Å²) >= 11 is 0.